The first-order valence-corrected chi connectivity index (χ1v) is 8.37. The lowest BCUT2D eigenvalue weighted by molar-refractivity contribution is 0.713. The number of aryl methyl sites for hydroxylation is 1. The molecule has 0 aromatic heterocycles. The molecule has 0 spiro atoms. The van der Waals surface area contributed by atoms with Gasteiger partial charge in [0.1, 0.15) is 0 Å². The maximum atomic E-state index is 5.57. The van der Waals surface area contributed by atoms with Crippen molar-refractivity contribution in [3.05, 3.63) is 72.0 Å². The fraction of sp³-hybridized carbons (Fsp3) is 0.429. The summed E-state index contributed by atoms with van der Waals surface area (Å²) in [5, 5.41) is 0. The molecule has 0 saturated heterocycles. The van der Waals surface area contributed by atoms with Gasteiger partial charge in [0.05, 0.1) is 0 Å². The Morgan fingerprint density at radius 3 is 2.09 bits per heavy atom. The summed E-state index contributed by atoms with van der Waals surface area (Å²) in [6, 6.07) is 10.3. The molecule has 0 atom stereocenters. The number of hydrogen-bond donors (Lipinski definition) is 1. The van der Waals surface area contributed by atoms with Gasteiger partial charge in [-0.15, -0.1) is 0 Å². The van der Waals surface area contributed by atoms with Crippen LogP contribution in [-0.4, -0.2) is 0 Å². The number of unbranched alkanes of at least 4 members (excludes halogenated alkanes) is 2. The maximum absolute atomic E-state index is 5.57. The molecule has 2 N–H and O–H groups in total. The Morgan fingerprint density at radius 1 is 1.09 bits per heavy atom. The molecule has 1 aromatic carbocycles. The monoisotopic (exact) mass is 301 g/mol. The van der Waals surface area contributed by atoms with E-state index in [0.29, 0.717) is 0 Å². The Bertz CT molecular complexity index is 413. The third-order valence-electron chi connectivity index (χ3n) is 2.91. The van der Waals surface area contributed by atoms with E-state index in [9.17, 15) is 0 Å². The number of benzene rings is 1. The number of allylic oxidation sites excluding steroid dienone is 4. The van der Waals surface area contributed by atoms with Crippen LogP contribution in [0, 0.1) is 6.92 Å². The van der Waals surface area contributed by atoms with Crippen LogP contribution in [0.3, 0.4) is 0 Å². The van der Waals surface area contributed by atoms with Gasteiger partial charge in [-0.05, 0) is 38.8 Å². The van der Waals surface area contributed by atoms with Crippen LogP contribution in [0.2, 0.25) is 0 Å². The summed E-state index contributed by atoms with van der Waals surface area (Å²) in [5.41, 5.74) is 9.01. The van der Waals surface area contributed by atoms with Crippen molar-refractivity contribution in [1.29, 1.82) is 0 Å². The average molecular weight is 302 g/mol. The molecule has 0 aliphatic carbocycles. The second-order valence-corrected chi connectivity index (χ2v) is 5.00. The summed E-state index contributed by atoms with van der Waals surface area (Å²) >= 11 is 0. The van der Waals surface area contributed by atoms with Crippen LogP contribution in [-0.2, 0) is 0 Å². The summed E-state index contributed by atoms with van der Waals surface area (Å²) in [6.07, 6.45) is 10.7. The van der Waals surface area contributed by atoms with Gasteiger partial charge in [0.15, 0.2) is 0 Å². The zero-order valence-electron chi connectivity index (χ0n) is 15.2. The summed E-state index contributed by atoms with van der Waals surface area (Å²) in [7, 11) is 0. The van der Waals surface area contributed by atoms with Crippen LogP contribution < -0.4 is 5.73 Å². The summed E-state index contributed by atoms with van der Waals surface area (Å²) in [5.74, 6) is 0. The second kappa shape index (κ2) is 17.3. The van der Waals surface area contributed by atoms with Gasteiger partial charge in [0.2, 0.25) is 0 Å². The molecule has 1 aromatic rings. The lowest BCUT2D eigenvalue weighted by atomic mass is 10.1. The van der Waals surface area contributed by atoms with E-state index in [-0.39, 0.29) is 0 Å². The van der Waals surface area contributed by atoms with E-state index in [0.717, 1.165) is 5.70 Å². The lowest BCUT2D eigenvalue weighted by Gasteiger charge is -1.98. The zero-order chi connectivity index (χ0) is 17.2. The van der Waals surface area contributed by atoms with Gasteiger partial charge >= 0.3 is 0 Å². The fourth-order valence-corrected chi connectivity index (χ4v) is 1.58. The molecule has 0 fully saturated rings. The molecule has 1 rings (SSSR count). The summed E-state index contributed by atoms with van der Waals surface area (Å²) in [4.78, 5) is 0. The average Bonchev–Trinajstić information content (AvgIpc) is 2.56. The van der Waals surface area contributed by atoms with Crippen molar-refractivity contribution in [3.8, 4) is 0 Å². The Labute approximate surface area is 138 Å². The Balaban J connectivity index is 0. The Hall–Kier alpha value is -1.76. The van der Waals surface area contributed by atoms with E-state index < -0.39 is 0 Å². The van der Waals surface area contributed by atoms with Crippen LogP contribution in [0.1, 0.15) is 58.9 Å². The molecule has 1 nitrogen and oxygen atoms in total. The molecular formula is C21H35N. The highest BCUT2D eigenvalue weighted by molar-refractivity contribution is 5.21. The predicted molar refractivity (Wildman–Crippen MR) is 103 cm³/mol. The molecule has 0 amide bonds. The molecule has 0 saturated carbocycles. The van der Waals surface area contributed by atoms with E-state index in [4.69, 9.17) is 5.73 Å². The molecule has 0 unspecified atom stereocenters. The van der Waals surface area contributed by atoms with Crippen molar-refractivity contribution in [1.82, 2.24) is 0 Å². The van der Waals surface area contributed by atoms with Gasteiger partial charge in [-0.2, -0.15) is 0 Å². The topological polar surface area (TPSA) is 26.0 Å². The van der Waals surface area contributed by atoms with Crippen molar-refractivity contribution < 1.29 is 0 Å². The van der Waals surface area contributed by atoms with Crippen LogP contribution in [0.5, 0.6) is 0 Å². The highest BCUT2D eigenvalue weighted by Gasteiger charge is 1.88. The minimum absolute atomic E-state index is 0.731. The van der Waals surface area contributed by atoms with Crippen LogP contribution in [0.25, 0.3) is 0 Å². The fourth-order valence-electron chi connectivity index (χ4n) is 1.58. The standard InChI is InChI=1S/C12H21N.C7H8.C2H6/c1-4-6-7-8-11(3)9-10-12(13)5-2;1-7-5-3-2-4-6-7;1-2/h5,9-10H,2,4,6-8,13H2,1,3H3;2-6H,1H3;1-2H3/b11-9-,12-10+;;. The lowest BCUT2D eigenvalue weighted by Crippen LogP contribution is -1.90. The van der Waals surface area contributed by atoms with Crippen LogP contribution in [0.15, 0.2) is 66.4 Å². The van der Waals surface area contributed by atoms with Gasteiger partial charge in [0.25, 0.3) is 0 Å². The molecular weight excluding hydrogens is 266 g/mol. The van der Waals surface area contributed by atoms with E-state index >= 15 is 0 Å². The van der Waals surface area contributed by atoms with E-state index in [2.05, 4.69) is 45.6 Å². The maximum Gasteiger partial charge on any atom is 0.0308 e. The largest absolute Gasteiger partial charge is 0.399 e. The Morgan fingerprint density at radius 2 is 1.68 bits per heavy atom. The number of hydrogen-bond acceptors (Lipinski definition) is 1. The number of rotatable bonds is 6. The van der Waals surface area contributed by atoms with E-state index in [1.54, 1.807) is 6.08 Å². The smallest absolute Gasteiger partial charge is 0.0308 e. The predicted octanol–water partition coefficient (Wildman–Crippen LogP) is 6.56. The molecule has 22 heavy (non-hydrogen) atoms. The van der Waals surface area contributed by atoms with Crippen molar-refractivity contribution in [2.45, 2.75) is 60.3 Å². The second-order valence-electron chi connectivity index (χ2n) is 5.00. The Kier molecular flexibility index (Phi) is 17.7. The van der Waals surface area contributed by atoms with Gasteiger partial charge in [0, 0.05) is 5.70 Å². The highest BCUT2D eigenvalue weighted by Crippen LogP contribution is 2.08. The van der Waals surface area contributed by atoms with Gasteiger partial charge in [-0.3, -0.25) is 0 Å². The molecule has 0 aliphatic rings. The van der Waals surface area contributed by atoms with Crippen molar-refractivity contribution >= 4 is 0 Å². The first kappa shape index (κ1) is 22.5. The molecule has 1 heteroatoms. The first-order valence-electron chi connectivity index (χ1n) is 8.37. The summed E-state index contributed by atoms with van der Waals surface area (Å²) in [6.45, 7) is 14.0. The van der Waals surface area contributed by atoms with E-state index in [1.165, 1.54) is 36.8 Å². The highest BCUT2D eigenvalue weighted by atomic mass is 14.5. The molecule has 0 radical (unpaired) electrons. The van der Waals surface area contributed by atoms with Gasteiger partial charge < -0.3 is 5.73 Å². The number of nitrogens with two attached hydrogens (primary N) is 1. The minimum Gasteiger partial charge on any atom is -0.399 e. The summed E-state index contributed by atoms with van der Waals surface area (Å²) < 4.78 is 0. The third-order valence-corrected chi connectivity index (χ3v) is 2.91. The molecule has 0 bridgehead atoms. The third kappa shape index (κ3) is 16.3. The van der Waals surface area contributed by atoms with Crippen molar-refractivity contribution in [2.24, 2.45) is 5.73 Å². The van der Waals surface area contributed by atoms with Crippen LogP contribution in [0.4, 0.5) is 0 Å². The SMILES string of the molecule is C=C/C(N)=C\C=C(\C)CCCCC.CC.Cc1ccccc1. The zero-order valence-corrected chi connectivity index (χ0v) is 15.2. The molecule has 124 valence electrons. The quantitative estimate of drug-likeness (QED) is 0.467. The molecule has 0 aliphatic heterocycles. The van der Waals surface area contributed by atoms with Crippen molar-refractivity contribution in [3.63, 3.8) is 0 Å². The van der Waals surface area contributed by atoms with Crippen molar-refractivity contribution in [2.75, 3.05) is 0 Å². The van der Waals surface area contributed by atoms with Gasteiger partial charge in [-0.1, -0.05) is 87.7 Å². The van der Waals surface area contributed by atoms with Gasteiger partial charge in [-0.25, -0.2) is 0 Å². The normalized spacial score (nSPS) is 10.8. The minimum atomic E-state index is 0.731. The van der Waals surface area contributed by atoms with Crippen LogP contribution >= 0.6 is 0 Å². The first-order chi connectivity index (χ1) is 10.6. The van der Waals surface area contributed by atoms with E-state index in [1.807, 2.05) is 38.1 Å². The molecule has 0 heterocycles.